The van der Waals surface area contributed by atoms with Crippen LogP contribution < -0.4 is 9.47 Å². The van der Waals surface area contributed by atoms with E-state index in [2.05, 4.69) is 0 Å². The van der Waals surface area contributed by atoms with Crippen LogP contribution in [-0.4, -0.2) is 55.1 Å². The molecule has 4 rings (SSSR count). The average molecular weight is 330 g/mol. The lowest BCUT2D eigenvalue weighted by Gasteiger charge is -2.37. The minimum atomic E-state index is -0.350. The summed E-state index contributed by atoms with van der Waals surface area (Å²) in [6.45, 7) is 2.28. The number of amides is 2. The van der Waals surface area contributed by atoms with Crippen LogP contribution in [0.3, 0.4) is 0 Å². The molecule has 1 spiro atoms. The number of likely N-dealkylation sites (tertiary alicyclic amines) is 2. The fourth-order valence-corrected chi connectivity index (χ4v) is 4.07. The quantitative estimate of drug-likeness (QED) is 0.823. The van der Waals surface area contributed by atoms with E-state index in [1.54, 1.807) is 0 Å². The number of piperidine rings is 1. The van der Waals surface area contributed by atoms with Crippen LogP contribution >= 0.6 is 0 Å². The topological polar surface area (TPSA) is 59.1 Å². The van der Waals surface area contributed by atoms with Gasteiger partial charge in [-0.2, -0.15) is 0 Å². The number of fused-ring (bicyclic) bond motifs is 1. The van der Waals surface area contributed by atoms with Crippen LogP contribution in [-0.2, 0) is 16.0 Å². The Morgan fingerprint density at radius 1 is 1.21 bits per heavy atom. The third-order valence-electron chi connectivity index (χ3n) is 5.45. The minimum Gasteiger partial charge on any atom is -0.454 e. The zero-order chi connectivity index (χ0) is 16.7. The van der Waals surface area contributed by atoms with Crippen LogP contribution in [0.4, 0.5) is 0 Å². The van der Waals surface area contributed by atoms with Crippen molar-refractivity contribution in [2.24, 2.45) is 5.41 Å². The van der Waals surface area contributed by atoms with E-state index in [1.165, 1.54) is 0 Å². The normalized spacial score (nSPS) is 25.6. The standard InChI is InChI=1S/C18H22N2O4/c1-19-7-2-5-18(17(19)22)6-8-20(11-18)16(21)10-13-3-4-14-15(9-13)24-12-23-14/h3-4,9H,2,5-8,10-12H2,1H3/t18-/m1/s1. The molecule has 3 heterocycles. The molecule has 3 aliphatic rings. The highest BCUT2D eigenvalue weighted by atomic mass is 16.7. The summed E-state index contributed by atoms with van der Waals surface area (Å²) in [6.07, 6.45) is 3.02. The molecule has 1 aromatic carbocycles. The van der Waals surface area contributed by atoms with Crippen molar-refractivity contribution in [2.75, 3.05) is 33.5 Å². The van der Waals surface area contributed by atoms with Crippen LogP contribution in [0.25, 0.3) is 0 Å². The Bertz CT molecular complexity index is 690. The van der Waals surface area contributed by atoms with Gasteiger partial charge in [0.2, 0.25) is 18.6 Å². The molecule has 0 N–H and O–H groups in total. The Morgan fingerprint density at radius 2 is 2.04 bits per heavy atom. The fourth-order valence-electron chi connectivity index (χ4n) is 4.07. The first-order valence-electron chi connectivity index (χ1n) is 8.49. The van der Waals surface area contributed by atoms with Crippen molar-refractivity contribution in [2.45, 2.75) is 25.7 Å². The summed E-state index contributed by atoms with van der Waals surface area (Å²) in [7, 11) is 1.86. The maximum Gasteiger partial charge on any atom is 0.231 e. The Hall–Kier alpha value is -2.24. The first-order valence-corrected chi connectivity index (χ1v) is 8.49. The second kappa shape index (κ2) is 5.69. The van der Waals surface area contributed by atoms with Crippen LogP contribution in [0.1, 0.15) is 24.8 Å². The molecular formula is C18H22N2O4. The number of benzene rings is 1. The molecule has 128 valence electrons. The van der Waals surface area contributed by atoms with Crippen molar-refractivity contribution in [1.29, 1.82) is 0 Å². The summed E-state index contributed by atoms with van der Waals surface area (Å²) in [4.78, 5) is 28.9. The fraction of sp³-hybridized carbons (Fsp3) is 0.556. The summed E-state index contributed by atoms with van der Waals surface area (Å²) in [6, 6.07) is 5.61. The Kier molecular flexibility index (Phi) is 3.62. The maximum absolute atomic E-state index is 12.7. The Morgan fingerprint density at radius 3 is 2.92 bits per heavy atom. The van der Waals surface area contributed by atoms with Gasteiger partial charge in [0.05, 0.1) is 11.8 Å². The summed E-state index contributed by atoms with van der Waals surface area (Å²) in [5.74, 6) is 1.70. The maximum atomic E-state index is 12.7. The van der Waals surface area contributed by atoms with Crippen molar-refractivity contribution in [1.82, 2.24) is 9.80 Å². The van der Waals surface area contributed by atoms with E-state index in [-0.39, 0.29) is 24.0 Å². The molecule has 0 bridgehead atoms. The SMILES string of the molecule is CN1CCC[C@]2(CCN(C(=O)Cc3ccc4c(c3)OCO4)C2)C1=O. The molecule has 6 nitrogen and oxygen atoms in total. The van der Waals surface area contributed by atoms with Gasteiger partial charge in [-0.3, -0.25) is 9.59 Å². The smallest absolute Gasteiger partial charge is 0.231 e. The zero-order valence-corrected chi connectivity index (χ0v) is 13.9. The number of hydrogen-bond acceptors (Lipinski definition) is 4. The molecule has 3 aliphatic heterocycles. The Balaban J connectivity index is 1.43. The van der Waals surface area contributed by atoms with Gasteiger partial charge in [-0.1, -0.05) is 6.07 Å². The van der Waals surface area contributed by atoms with Gasteiger partial charge in [0.1, 0.15) is 0 Å². The average Bonchev–Trinajstić information content (AvgIpc) is 3.20. The number of nitrogens with zero attached hydrogens (tertiary/aromatic N) is 2. The molecule has 0 saturated carbocycles. The second-order valence-electron chi connectivity index (χ2n) is 7.04. The lowest BCUT2D eigenvalue weighted by atomic mass is 9.78. The zero-order valence-electron chi connectivity index (χ0n) is 13.9. The van der Waals surface area contributed by atoms with Crippen molar-refractivity contribution in [3.8, 4) is 11.5 Å². The van der Waals surface area contributed by atoms with Crippen molar-refractivity contribution in [3.63, 3.8) is 0 Å². The van der Waals surface area contributed by atoms with Gasteiger partial charge < -0.3 is 19.3 Å². The third-order valence-corrected chi connectivity index (χ3v) is 5.45. The van der Waals surface area contributed by atoms with E-state index in [1.807, 2.05) is 35.0 Å². The first kappa shape index (κ1) is 15.3. The summed E-state index contributed by atoms with van der Waals surface area (Å²) >= 11 is 0. The summed E-state index contributed by atoms with van der Waals surface area (Å²) in [5.41, 5.74) is 0.564. The van der Waals surface area contributed by atoms with Crippen LogP contribution in [0.5, 0.6) is 11.5 Å². The van der Waals surface area contributed by atoms with E-state index in [9.17, 15) is 9.59 Å². The van der Waals surface area contributed by atoms with Gasteiger partial charge in [0.15, 0.2) is 11.5 Å². The highest BCUT2D eigenvalue weighted by Crippen LogP contribution is 2.40. The number of ether oxygens (including phenoxy) is 2. The molecule has 2 amide bonds. The van der Waals surface area contributed by atoms with Crippen LogP contribution in [0, 0.1) is 5.41 Å². The molecular weight excluding hydrogens is 308 g/mol. The van der Waals surface area contributed by atoms with E-state index < -0.39 is 0 Å². The lowest BCUT2D eigenvalue weighted by molar-refractivity contribution is -0.144. The highest BCUT2D eigenvalue weighted by Gasteiger charge is 2.48. The number of rotatable bonds is 2. The lowest BCUT2D eigenvalue weighted by Crippen LogP contribution is -2.48. The van der Waals surface area contributed by atoms with E-state index in [0.29, 0.717) is 25.3 Å². The molecule has 6 heteroatoms. The predicted molar refractivity (Wildman–Crippen MR) is 86.8 cm³/mol. The third kappa shape index (κ3) is 2.50. The minimum absolute atomic E-state index is 0.0757. The summed E-state index contributed by atoms with van der Waals surface area (Å²) in [5, 5.41) is 0. The molecule has 0 radical (unpaired) electrons. The van der Waals surface area contributed by atoms with E-state index in [4.69, 9.17) is 9.47 Å². The largest absolute Gasteiger partial charge is 0.454 e. The first-order chi connectivity index (χ1) is 11.6. The van der Waals surface area contributed by atoms with Crippen molar-refractivity contribution < 1.29 is 19.1 Å². The molecule has 1 atom stereocenters. The van der Waals surface area contributed by atoms with E-state index in [0.717, 1.165) is 37.1 Å². The molecule has 2 fully saturated rings. The monoisotopic (exact) mass is 330 g/mol. The number of hydrogen-bond donors (Lipinski definition) is 0. The van der Waals surface area contributed by atoms with Gasteiger partial charge >= 0.3 is 0 Å². The van der Waals surface area contributed by atoms with Gasteiger partial charge in [-0.15, -0.1) is 0 Å². The molecule has 2 saturated heterocycles. The predicted octanol–water partition coefficient (Wildman–Crippen LogP) is 1.43. The van der Waals surface area contributed by atoms with Crippen molar-refractivity contribution in [3.05, 3.63) is 23.8 Å². The van der Waals surface area contributed by atoms with E-state index >= 15 is 0 Å². The van der Waals surface area contributed by atoms with Gasteiger partial charge in [0, 0.05) is 26.7 Å². The number of carbonyl (C=O) groups is 2. The van der Waals surface area contributed by atoms with Gasteiger partial charge in [-0.05, 0) is 37.0 Å². The van der Waals surface area contributed by atoms with Crippen LogP contribution in [0.15, 0.2) is 18.2 Å². The van der Waals surface area contributed by atoms with Crippen molar-refractivity contribution >= 4 is 11.8 Å². The summed E-state index contributed by atoms with van der Waals surface area (Å²) < 4.78 is 10.7. The molecule has 1 aromatic rings. The molecule has 0 aromatic heterocycles. The van der Waals surface area contributed by atoms with Gasteiger partial charge in [-0.25, -0.2) is 0 Å². The Labute approximate surface area is 141 Å². The van der Waals surface area contributed by atoms with Crippen LogP contribution in [0.2, 0.25) is 0 Å². The molecule has 0 unspecified atom stereocenters. The molecule has 24 heavy (non-hydrogen) atoms. The highest BCUT2D eigenvalue weighted by molar-refractivity contribution is 5.86. The van der Waals surface area contributed by atoms with Gasteiger partial charge in [0.25, 0.3) is 0 Å². The molecule has 0 aliphatic carbocycles. The second-order valence-corrected chi connectivity index (χ2v) is 7.04. The number of carbonyl (C=O) groups excluding carboxylic acids is 2.